The summed E-state index contributed by atoms with van der Waals surface area (Å²) in [5.74, 6) is -0.505. The third-order valence-corrected chi connectivity index (χ3v) is 3.89. The maximum atomic E-state index is 12.9. The van der Waals surface area contributed by atoms with Crippen molar-refractivity contribution >= 4 is 23.2 Å². The molecule has 7 heteroatoms. The average Bonchev–Trinajstić information content (AvgIpc) is 3.10. The summed E-state index contributed by atoms with van der Waals surface area (Å²) in [6.07, 6.45) is -0.862. The number of alkyl halides is 3. The van der Waals surface area contributed by atoms with Crippen LogP contribution >= 0.6 is 11.6 Å². The minimum absolute atomic E-state index is 0.0243. The number of hydrogen-bond donors (Lipinski definition) is 1. The molecule has 2 aromatic carbocycles. The van der Waals surface area contributed by atoms with E-state index in [1.807, 2.05) is 29.1 Å². The molecule has 0 atom stereocenters. The number of hydrogen-bond acceptors (Lipinski definition) is 1. The van der Waals surface area contributed by atoms with Gasteiger partial charge in [0.15, 0.2) is 0 Å². The number of anilines is 1. The van der Waals surface area contributed by atoms with Gasteiger partial charge in [0, 0.05) is 29.3 Å². The van der Waals surface area contributed by atoms with Crippen LogP contribution in [0.1, 0.15) is 15.9 Å². The summed E-state index contributed by atoms with van der Waals surface area (Å²) in [4.78, 5) is 12.2. The van der Waals surface area contributed by atoms with Crippen LogP contribution in [-0.2, 0) is 6.18 Å². The second kappa shape index (κ2) is 6.64. The number of carbonyl (C=O) groups is 1. The highest BCUT2D eigenvalue weighted by Gasteiger charge is 2.33. The predicted molar refractivity (Wildman–Crippen MR) is 90.2 cm³/mol. The number of benzene rings is 2. The van der Waals surface area contributed by atoms with E-state index in [2.05, 4.69) is 5.32 Å². The lowest BCUT2D eigenvalue weighted by Crippen LogP contribution is -2.13. The second-order valence-electron chi connectivity index (χ2n) is 5.28. The van der Waals surface area contributed by atoms with Crippen molar-refractivity contribution in [2.45, 2.75) is 6.18 Å². The standard InChI is InChI=1S/C18H12ClF3N2O/c19-16-8-5-13(11-15(16)18(20,21)22)23-17(25)12-3-6-14(7-4-12)24-9-1-2-10-24/h1-11H,(H,23,25). The highest BCUT2D eigenvalue weighted by molar-refractivity contribution is 6.31. The van der Waals surface area contributed by atoms with Crippen LogP contribution in [0.2, 0.25) is 5.02 Å². The van der Waals surface area contributed by atoms with Gasteiger partial charge in [0.05, 0.1) is 10.6 Å². The Bertz CT molecular complexity index is 888. The molecule has 0 fully saturated rings. The molecular weight excluding hydrogens is 353 g/mol. The molecule has 0 aliphatic carbocycles. The number of nitrogens with one attached hydrogen (secondary N) is 1. The largest absolute Gasteiger partial charge is 0.417 e. The fourth-order valence-corrected chi connectivity index (χ4v) is 2.54. The summed E-state index contributed by atoms with van der Waals surface area (Å²) in [6, 6.07) is 13.7. The van der Waals surface area contributed by atoms with E-state index in [1.165, 1.54) is 6.07 Å². The van der Waals surface area contributed by atoms with E-state index in [0.717, 1.165) is 17.8 Å². The normalized spacial score (nSPS) is 11.4. The molecule has 0 radical (unpaired) electrons. The Labute approximate surface area is 146 Å². The van der Waals surface area contributed by atoms with Gasteiger partial charge in [0.1, 0.15) is 0 Å². The Morgan fingerprint density at radius 2 is 1.64 bits per heavy atom. The first-order valence-corrected chi connectivity index (χ1v) is 7.64. The third-order valence-electron chi connectivity index (χ3n) is 3.56. The fourth-order valence-electron chi connectivity index (χ4n) is 2.32. The zero-order chi connectivity index (χ0) is 18.0. The average molecular weight is 365 g/mol. The number of rotatable bonds is 3. The first kappa shape index (κ1) is 17.1. The molecule has 1 aromatic heterocycles. The van der Waals surface area contributed by atoms with Crippen LogP contribution in [0.4, 0.5) is 18.9 Å². The molecule has 3 rings (SSSR count). The van der Waals surface area contributed by atoms with Gasteiger partial charge in [-0.1, -0.05) is 11.6 Å². The molecule has 0 bridgehead atoms. The number of carbonyl (C=O) groups excluding carboxylic acids is 1. The molecule has 0 aliphatic heterocycles. The summed E-state index contributed by atoms with van der Waals surface area (Å²) < 4.78 is 40.5. The van der Waals surface area contributed by atoms with E-state index in [4.69, 9.17) is 11.6 Å². The first-order chi connectivity index (χ1) is 11.8. The Morgan fingerprint density at radius 3 is 2.24 bits per heavy atom. The van der Waals surface area contributed by atoms with E-state index in [-0.39, 0.29) is 5.69 Å². The zero-order valence-corrected chi connectivity index (χ0v) is 13.5. The van der Waals surface area contributed by atoms with Crippen molar-refractivity contribution < 1.29 is 18.0 Å². The smallest absolute Gasteiger partial charge is 0.324 e. The number of halogens is 4. The predicted octanol–water partition coefficient (Wildman–Crippen LogP) is 5.40. The van der Waals surface area contributed by atoms with Gasteiger partial charge in [-0.3, -0.25) is 4.79 Å². The van der Waals surface area contributed by atoms with Crippen LogP contribution in [0.5, 0.6) is 0 Å². The van der Waals surface area contributed by atoms with Crippen molar-refractivity contribution in [3.8, 4) is 5.69 Å². The Balaban J connectivity index is 1.78. The summed E-state index contributed by atoms with van der Waals surface area (Å²) in [5.41, 5.74) is 0.234. The zero-order valence-electron chi connectivity index (χ0n) is 12.7. The van der Waals surface area contributed by atoms with Crippen LogP contribution in [-0.4, -0.2) is 10.5 Å². The molecule has 0 spiro atoms. The van der Waals surface area contributed by atoms with Crippen LogP contribution in [0.25, 0.3) is 5.69 Å². The Hall–Kier alpha value is -2.73. The Kier molecular flexibility index (Phi) is 4.55. The maximum absolute atomic E-state index is 12.9. The van der Waals surface area contributed by atoms with Crippen LogP contribution in [0.15, 0.2) is 67.0 Å². The van der Waals surface area contributed by atoms with E-state index in [9.17, 15) is 18.0 Å². The topological polar surface area (TPSA) is 34.0 Å². The third kappa shape index (κ3) is 3.85. The van der Waals surface area contributed by atoms with Crippen molar-refractivity contribution in [1.82, 2.24) is 4.57 Å². The summed E-state index contributed by atoms with van der Waals surface area (Å²) >= 11 is 5.57. The molecule has 0 saturated heterocycles. The van der Waals surface area contributed by atoms with Gasteiger partial charge in [-0.2, -0.15) is 13.2 Å². The molecule has 1 amide bonds. The SMILES string of the molecule is O=C(Nc1ccc(Cl)c(C(F)(F)F)c1)c1ccc(-n2cccc2)cc1. The lowest BCUT2D eigenvalue weighted by Gasteiger charge is -2.12. The highest BCUT2D eigenvalue weighted by Crippen LogP contribution is 2.36. The monoisotopic (exact) mass is 364 g/mol. The van der Waals surface area contributed by atoms with Crippen molar-refractivity contribution in [2.24, 2.45) is 0 Å². The van der Waals surface area contributed by atoms with Crippen LogP contribution in [0.3, 0.4) is 0 Å². The van der Waals surface area contributed by atoms with Gasteiger partial charge in [0.25, 0.3) is 5.91 Å². The molecule has 3 aromatic rings. The van der Waals surface area contributed by atoms with Gasteiger partial charge in [-0.05, 0) is 54.6 Å². The molecule has 3 nitrogen and oxygen atoms in total. The van der Waals surface area contributed by atoms with E-state index >= 15 is 0 Å². The highest BCUT2D eigenvalue weighted by atomic mass is 35.5. The summed E-state index contributed by atoms with van der Waals surface area (Å²) in [7, 11) is 0. The number of amides is 1. The van der Waals surface area contributed by atoms with Gasteiger partial charge in [-0.15, -0.1) is 0 Å². The molecule has 0 saturated carbocycles. The second-order valence-corrected chi connectivity index (χ2v) is 5.69. The van der Waals surface area contributed by atoms with Crippen molar-refractivity contribution in [3.63, 3.8) is 0 Å². The number of aromatic nitrogens is 1. The molecule has 128 valence electrons. The fraction of sp³-hybridized carbons (Fsp3) is 0.0556. The van der Waals surface area contributed by atoms with Gasteiger partial charge in [0.2, 0.25) is 0 Å². The van der Waals surface area contributed by atoms with Crippen molar-refractivity contribution in [2.75, 3.05) is 5.32 Å². The molecule has 1 heterocycles. The summed E-state index contributed by atoms with van der Waals surface area (Å²) in [5, 5.41) is 2.03. The van der Waals surface area contributed by atoms with Crippen LogP contribution < -0.4 is 5.32 Å². The van der Waals surface area contributed by atoms with Gasteiger partial charge in [-0.25, -0.2) is 0 Å². The minimum Gasteiger partial charge on any atom is -0.324 e. The molecule has 1 N–H and O–H groups in total. The molecule has 0 unspecified atom stereocenters. The van der Waals surface area contributed by atoms with Crippen LogP contribution in [0, 0.1) is 0 Å². The summed E-state index contributed by atoms with van der Waals surface area (Å²) in [6.45, 7) is 0. The quantitative estimate of drug-likeness (QED) is 0.663. The van der Waals surface area contributed by atoms with Gasteiger partial charge < -0.3 is 9.88 Å². The minimum atomic E-state index is -4.59. The van der Waals surface area contributed by atoms with E-state index < -0.39 is 22.7 Å². The lowest BCUT2D eigenvalue weighted by molar-refractivity contribution is -0.137. The van der Waals surface area contributed by atoms with Gasteiger partial charge >= 0.3 is 6.18 Å². The Morgan fingerprint density at radius 1 is 1.00 bits per heavy atom. The van der Waals surface area contributed by atoms with E-state index in [0.29, 0.717) is 5.56 Å². The number of nitrogens with zero attached hydrogens (tertiary/aromatic N) is 1. The molecule has 25 heavy (non-hydrogen) atoms. The lowest BCUT2D eigenvalue weighted by atomic mass is 10.1. The van der Waals surface area contributed by atoms with Crippen molar-refractivity contribution in [1.29, 1.82) is 0 Å². The maximum Gasteiger partial charge on any atom is 0.417 e. The first-order valence-electron chi connectivity index (χ1n) is 7.26. The molecule has 0 aliphatic rings. The molecular formula is C18H12ClF3N2O. The van der Waals surface area contributed by atoms with Crippen molar-refractivity contribution in [3.05, 3.63) is 83.1 Å². The van der Waals surface area contributed by atoms with E-state index in [1.54, 1.807) is 24.3 Å².